The van der Waals surface area contributed by atoms with E-state index in [-0.39, 0.29) is 5.91 Å². The van der Waals surface area contributed by atoms with Gasteiger partial charge < -0.3 is 0 Å². The Bertz CT molecular complexity index is 691. The monoisotopic (exact) mass is 363 g/mol. The summed E-state index contributed by atoms with van der Waals surface area (Å²) < 4.78 is 0. The van der Waals surface area contributed by atoms with Crippen molar-refractivity contribution in [3.05, 3.63) is 45.9 Å². The van der Waals surface area contributed by atoms with E-state index >= 15 is 0 Å². The van der Waals surface area contributed by atoms with Gasteiger partial charge in [-0.05, 0) is 42.5 Å². The topological polar surface area (TPSA) is 45.2 Å². The Morgan fingerprint density at radius 3 is 2.62 bits per heavy atom. The zero-order valence-electron chi connectivity index (χ0n) is 14.0. The van der Waals surface area contributed by atoms with Crippen molar-refractivity contribution in [2.45, 2.75) is 26.8 Å². The molecule has 0 spiro atoms. The van der Waals surface area contributed by atoms with Crippen molar-refractivity contribution in [2.24, 2.45) is 11.8 Å². The van der Waals surface area contributed by atoms with E-state index in [1.165, 1.54) is 17.8 Å². The molecule has 2 heterocycles. The zero-order chi connectivity index (χ0) is 17.1. The number of aromatic nitrogens is 1. The van der Waals surface area contributed by atoms with Crippen LogP contribution in [0.15, 0.2) is 29.6 Å². The molecule has 0 saturated carbocycles. The summed E-state index contributed by atoms with van der Waals surface area (Å²) in [6.45, 7) is 7.70. The first kappa shape index (κ1) is 17.4. The lowest BCUT2D eigenvalue weighted by atomic mass is 9.92. The van der Waals surface area contributed by atoms with Crippen LogP contribution < -0.4 is 5.32 Å². The molecule has 0 unspecified atom stereocenters. The Balaban J connectivity index is 1.59. The molecule has 2 atom stereocenters. The van der Waals surface area contributed by atoms with Gasteiger partial charge in [0.2, 0.25) is 0 Å². The van der Waals surface area contributed by atoms with Crippen molar-refractivity contribution in [1.82, 2.24) is 9.88 Å². The predicted molar refractivity (Wildman–Crippen MR) is 99.7 cm³/mol. The number of likely N-dealkylation sites (tertiary alicyclic amines) is 1. The number of carbonyl (C=O) groups excluding carboxylic acids is 1. The number of halogens is 1. The Morgan fingerprint density at radius 2 is 1.96 bits per heavy atom. The number of piperidine rings is 1. The highest BCUT2D eigenvalue weighted by Gasteiger charge is 2.22. The van der Waals surface area contributed by atoms with Gasteiger partial charge in [0.05, 0.1) is 5.69 Å². The molecule has 1 amide bonds. The van der Waals surface area contributed by atoms with E-state index in [1.807, 2.05) is 5.38 Å². The molecule has 1 aromatic heterocycles. The van der Waals surface area contributed by atoms with Crippen LogP contribution in [0.4, 0.5) is 5.13 Å². The molecule has 1 fully saturated rings. The van der Waals surface area contributed by atoms with Gasteiger partial charge in [-0.15, -0.1) is 11.3 Å². The fourth-order valence-electron chi connectivity index (χ4n) is 3.36. The van der Waals surface area contributed by atoms with Crippen molar-refractivity contribution in [3.63, 3.8) is 0 Å². The molecule has 1 N–H and O–H groups in total. The van der Waals surface area contributed by atoms with E-state index in [1.54, 1.807) is 24.3 Å². The number of benzene rings is 1. The molecular formula is C18H22ClN3OS. The standard InChI is InChI=1S/C18H22ClN3OS/c1-12-7-13(2)9-22(8-12)10-16-11-24-18(20-16)21-17(23)14-3-5-15(19)6-4-14/h3-6,11-13H,7-10H2,1-2H3,(H,20,21,23)/t12-,13-/m0/s1. The number of hydrogen-bond acceptors (Lipinski definition) is 4. The number of nitrogens with one attached hydrogen (secondary N) is 1. The van der Waals surface area contributed by atoms with Crippen LogP contribution in [-0.2, 0) is 6.54 Å². The zero-order valence-corrected chi connectivity index (χ0v) is 15.5. The quantitative estimate of drug-likeness (QED) is 0.868. The maximum Gasteiger partial charge on any atom is 0.257 e. The van der Waals surface area contributed by atoms with E-state index in [0.29, 0.717) is 15.7 Å². The molecule has 4 nitrogen and oxygen atoms in total. The number of rotatable bonds is 4. The molecule has 128 valence electrons. The molecule has 24 heavy (non-hydrogen) atoms. The van der Waals surface area contributed by atoms with Crippen molar-refractivity contribution in [1.29, 1.82) is 0 Å². The van der Waals surface area contributed by atoms with Crippen LogP contribution in [0.2, 0.25) is 5.02 Å². The molecule has 1 aliphatic rings. The van der Waals surface area contributed by atoms with Crippen LogP contribution in [0.5, 0.6) is 0 Å². The second-order valence-corrected chi connectivity index (χ2v) is 8.04. The van der Waals surface area contributed by atoms with Crippen LogP contribution >= 0.6 is 22.9 Å². The lowest BCUT2D eigenvalue weighted by Gasteiger charge is -2.34. The number of nitrogens with zero attached hydrogens (tertiary/aromatic N) is 2. The average Bonchev–Trinajstić information content (AvgIpc) is 2.93. The van der Waals surface area contributed by atoms with Crippen molar-refractivity contribution in [2.75, 3.05) is 18.4 Å². The lowest BCUT2D eigenvalue weighted by molar-refractivity contribution is 0.102. The Morgan fingerprint density at radius 1 is 1.29 bits per heavy atom. The van der Waals surface area contributed by atoms with Gasteiger partial charge in [0.1, 0.15) is 0 Å². The van der Waals surface area contributed by atoms with E-state index in [0.717, 1.165) is 37.2 Å². The molecule has 1 aromatic carbocycles. The average molecular weight is 364 g/mol. The first-order valence-corrected chi connectivity index (χ1v) is 9.49. The molecule has 6 heteroatoms. The molecular weight excluding hydrogens is 342 g/mol. The van der Waals surface area contributed by atoms with Gasteiger partial charge in [-0.3, -0.25) is 15.0 Å². The predicted octanol–water partition coefficient (Wildman–Crippen LogP) is 4.53. The van der Waals surface area contributed by atoms with E-state index < -0.39 is 0 Å². The summed E-state index contributed by atoms with van der Waals surface area (Å²) in [5.74, 6) is 1.31. The first-order chi connectivity index (χ1) is 11.5. The fraction of sp³-hybridized carbons (Fsp3) is 0.444. The number of amides is 1. The third kappa shape index (κ3) is 4.56. The summed E-state index contributed by atoms with van der Waals surface area (Å²) in [6.07, 6.45) is 1.30. The highest BCUT2D eigenvalue weighted by molar-refractivity contribution is 7.13. The fourth-order valence-corrected chi connectivity index (χ4v) is 4.18. The number of anilines is 1. The SMILES string of the molecule is C[C@H]1C[C@H](C)CN(Cc2csc(NC(=O)c3ccc(Cl)cc3)n2)C1. The van der Waals surface area contributed by atoms with Crippen LogP contribution in [0.1, 0.15) is 36.3 Å². The summed E-state index contributed by atoms with van der Waals surface area (Å²) in [4.78, 5) is 19.2. The van der Waals surface area contributed by atoms with Crippen molar-refractivity contribution >= 4 is 34.0 Å². The Labute approximate surface area is 151 Å². The highest BCUT2D eigenvalue weighted by atomic mass is 35.5. The number of carbonyl (C=O) groups is 1. The highest BCUT2D eigenvalue weighted by Crippen LogP contribution is 2.24. The van der Waals surface area contributed by atoms with E-state index in [4.69, 9.17) is 11.6 Å². The smallest absolute Gasteiger partial charge is 0.257 e. The summed E-state index contributed by atoms with van der Waals surface area (Å²) >= 11 is 7.32. The third-order valence-electron chi connectivity index (χ3n) is 4.21. The van der Waals surface area contributed by atoms with Gasteiger partial charge in [0.15, 0.2) is 5.13 Å². The molecule has 0 aliphatic carbocycles. The third-order valence-corrected chi connectivity index (χ3v) is 5.27. The summed E-state index contributed by atoms with van der Waals surface area (Å²) in [5.41, 5.74) is 1.60. The largest absolute Gasteiger partial charge is 0.298 e. The minimum Gasteiger partial charge on any atom is -0.298 e. The second kappa shape index (κ2) is 7.64. The molecule has 3 rings (SSSR count). The minimum absolute atomic E-state index is 0.159. The van der Waals surface area contributed by atoms with Crippen LogP contribution in [0.25, 0.3) is 0 Å². The summed E-state index contributed by atoms with van der Waals surface area (Å²) in [5, 5.41) is 6.15. The molecule has 0 radical (unpaired) electrons. The molecule has 2 aromatic rings. The van der Waals surface area contributed by atoms with E-state index in [2.05, 4.69) is 29.0 Å². The second-order valence-electron chi connectivity index (χ2n) is 6.75. The van der Waals surface area contributed by atoms with Crippen LogP contribution in [-0.4, -0.2) is 28.9 Å². The molecule has 1 aliphatic heterocycles. The van der Waals surface area contributed by atoms with E-state index in [9.17, 15) is 4.79 Å². The first-order valence-electron chi connectivity index (χ1n) is 8.23. The Kier molecular flexibility index (Phi) is 5.54. The lowest BCUT2D eigenvalue weighted by Crippen LogP contribution is -2.38. The summed E-state index contributed by atoms with van der Waals surface area (Å²) in [6, 6.07) is 6.84. The van der Waals surface area contributed by atoms with Gasteiger partial charge in [-0.25, -0.2) is 4.98 Å². The maximum absolute atomic E-state index is 12.2. The number of thiazole rings is 1. The summed E-state index contributed by atoms with van der Waals surface area (Å²) in [7, 11) is 0. The van der Waals surface area contributed by atoms with Crippen LogP contribution in [0.3, 0.4) is 0 Å². The molecule has 0 bridgehead atoms. The van der Waals surface area contributed by atoms with Gasteiger partial charge in [0.25, 0.3) is 5.91 Å². The van der Waals surface area contributed by atoms with Crippen molar-refractivity contribution < 1.29 is 4.79 Å². The molecule has 1 saturated heterocycles. The van der Waals surface area contributed by atoms with Gasteiger partial charge in [0, 0.05) is 35.6 Å². The van der Waals surface area contributed by atoms with Crippen molar-refractivity contribution in [3.8, 4) is 0 Å². The van der Waals surface area contributed by atoms with Crippen LogP contribution in [0, 0.1) is 11.8 Å². The van der Waals surface area contributed by atoms with Gasteiger partial charge in [-0.2, -0.15) is 0 Å². The van der Waals surface area contributed by atoms with Gasteiger partial charge in [-0.1, -0.05) is 25.4 Å². The Hall–Kier alpha value is -1.43. The minimum atomic E-state index is -0.159. The number of hydrogen-bond donors (Lipinski definition) is 1. The van der Waals surface area contributed by atoms with Gasteiger partial charge >= 0.3 is 0 Å². The maximum atomic E-state index is 12.2. The normalized spacial score (nSPS) is 21.6.